The molecule has 0 radical (unpaired) electrons. The highest BCUT2D eigenvalue weighted by atomic mass is 16.5. The first-order valence-corrected chi connectivity index (χ1v) is 5.65. The van der Waals surface area contributed by atoms with Crippen molar-refractivity contribution in [2.45, 2.75) is 57.2 Å². The van der Waals surface area contributed by atoms with Crippen LogP contribution >= 0.6 is 0 Å². The third-order valence-electron chi connectivity index (χ3n) is 3.94. The fourth-order valence-electron chi connectivity index (χ4n) is 2.95. The lowest BCUT2D eigenvalue weighted by atomic mass is 9.75. The van der Waals surface area contributed by atoms with Gasteiger partial charge in [-0.2, -0.15) is 0 Å². The van der Waals surface area contributed by atoms with Crippen LogP contribution in [0, 0.1) is 5.92 Å². The molecule has 0 aromatic rings. The number of nitrogens with two attached hydrogens (primary N) is 1. The Kier molecular flexibility index (Phi) is 2.61. The van der Waals surface area contributed by atoms with Crippen LogP contribution in [0.3, 0.4) is 0 Å². The molecule has 0 aromatic heterocycles. The van der Waals surface area contributed by atoms with Crippen LogP contribution in [0.15, 0.2) is 0 Å². The molecule has 2 aliphatic rings. The van der Waals surface area contributed by atoms with E-state index in [4.69, 9.17) is 10.5 Å². The van der Waals surface area contributed by atoms with Crippen molar-refractivity contribution in [1.82, 2.24) is 0 Å². The quantitative estimate of drug-likeness (QED) is 0.675. The van der Waals surface area contributed by atoms with E-state index in [-0.39, 0.29) is 5.60 Å². The molecule has 2 N–H and O–H groups in total. The summed E-state index contributed by atoms with van der Waals surface area (Å²) in [5.41, 5.74) is 5.87. The van der Waals surface area contributed by atoms with E-state index in [1.54, 1.807) is 0 Å². The van der Waals surface area contributed by atoms with Gasteiger partial charge in [0.2, 0.25) is 0 Å². The predicted molar refractivity (Wildman–Crippen MR) is 53.5 cm³/mol. The van der Waals surface area contributed by atoms with Crippen LogP contribution in [-0.4, -0.2) is 18.2 Å². The van der Waals surface area contributed by atoms with Gasteiger partial charge in [-0.25, -0.2) is 0 Å². The van der Waals surface area contributed by atoms with Crippen molar-refractivity contribution < 1.29 is 4.74 Å². The Morgan fingerprint density at radius 1 is 1.31 bits per heavy atom. The fourth-order valence-corrected chi connectivity index (χ4v) is 2.95. The molecule has 2 fully saturated rings. The fraction of sp³-hybridized carbons (Fsp3) is 1.00. The Balaban J connectivity index is 2.03. The zero-order chi connectivity index (χ0) is 9.31. The Morgan fingerprint density at radius 3 is 2.77 bits per heavy atom. The van der Waals surface area contributed by atoms with E-state index in [0.29, 0.717) is 12.6 Å². The lowest BCUT2D eigenvalue weighted by molar-refractivity contribution is -0.0922. The maximum absolute atomic E-state index is 6.13. The number of hydrogen-bond acceptors (Lipinski definition) is 2. The minimum absolute atomic E-state index is 0.224. The summed E-state index contributed by atoms with van der Waals surface area (Å²) in [6, 6.07) is 0. The number of ether oxygens (including phenoxy) is 1. The lowest BCUT2D eigenvalue weighted by Crippen LogP contribution is -2.40. The summed E-state index contributed by atoms with van der Waals surface area (Å²) < 4.78 is 6.13. The standard InChI is InChI=1S/C11H21NO/c1-9-4-2-3-6-11(9)7-5-10(8-12)13-11/h9-10H,2-8,12H2,1H3/t9-,10+,11-/m1/s1. The van der Waals surface area contributed by atoms with Crippen molar-refractivity contribution >= 4 is 0 Å². The van der Waals surface area contributed by atoms with E-state index >= 15 is 0 Å². The summed E-state index contributed by atoms with van der Waals surface area (Å²) in [5, 5.41) is 0. The first-order valence-electron chi connectivity index (χ1n) is 5.65. The van der Waals surface area contributed by atoms with Gasteiger partial charge in [-0.1, -0.05) is 19.8 Å². The summed E-state index contributed by atoms with van der Waals surface area (Å²) in [7, 11) is 0. The van der Waals surface area contributed by atoms with Gasteiger partial charge < -0.3 is 10.5 Å². The molecule has 1 aliphatic carbocycles. The highest BCUT2D eigenvalue weighted by Crippen LogP contribution is 2.45. The molecular formula is C11H21NO. The van der Waals surface area contributed by atoms with Crippen molar-refractivity contribution in [2.24, 2.45) is 11.7 Å². The summed E-state index contributed by atoms with van der Waals surface area (Å²) in [5.74, 6) is 0.748. The van der Waals surface area contributed by atoms with Gasteiger partial charge in [-0.15, -0.1) is 0 Å². The molecule has 76 valence electrons. The average molecular weight is 183 g/mol. The highest BCUT2D eigenvalue weighted by molar-refractivity contribution is 4.95. The molecule has 2 rings (SSSR count). The molecule has 1 heterocycles. The summed E-state index contributed by atoms with van der Waals surface area (Å²) in [6.45, 7) is 3.05. The molecular weight excluding hydrogens is 162 g/mol. The maximum atomic E-state index is 6.13. The smallest absolute Gasteiger partial charge is 0.0713 e. The Labute approximate surface area is 80.8 Å². The predicted octanol–water partition coefficient (Wildman–Crippen LogP) is 2.07. The SMILES string of the molecule is C[C@@H]1CCCC[C@@]12CC[C@@H](CN)O2. The van der Waals surface area contributed by atoms with Crippen LogP contribution in [0.5, 0.6) is 0 Å². The van der Waals surface area contributed by atoms with Gasteiger partial charge in [0, 0.05) is 6.54 Å². The van der Waals surface area contributed by atoms with Crippen LogP contribution in [0.25, 0.3) is 0 Å². The van der Waals surface area contributed by atoms with Gasteiger partial charge in [0.1, 0.15) is 0 Å². The lowest BCUT2D eigenvalue weighted by Gasteiger charge is -2.39. The van der Waals surface area contributed by atoms with Gasteiger partial charge in [0.15, 0.2) is 0 Å². The molecule has 1 aliphatic heterocycles. The molecule has 2 nitrogen and oxygen atoms in total. The molecule has 1 spiro atoms. The normalized spacial score (nSPS) is 45.7. The minimum Gasteiger partial charge on any atom is -0.370 e. The third-order valence-corrected chi connectivity index (χ3v) is 3.94. The zero-order valence-corrected chi connectivity index (χ0v) is 8.59. The molecule has 0 bridgehead atoms. The molecule has 0 aromatic carbocycles. The summed E-state index contributed by atoms with van der Waals surface area (Å²) >= 11 is 0. The van der Waals surface area contributed by atoms with Crippen molar-refractivity contribution in [3.63, 3.8) is 0 Å². The third kappa shape index (κ3) is 1.62. The Morgan fingerprint density at radius 2 is 2.15 bits per heavy atom. The minimum atomic E-state index is 0.224. The van der Waals surface area contributed by atoms with Crippen LogP contribution in [0.1, 0.15) is 45.4 Å². The topological polar surface area (TPSA) is 35.2 Å². The second kappa shape index (κ2) is 3.58. The first kappa shape index (κ1) is 9.47. The Bertz CT molecular complexity index is 183. The van der Waals surface area contributed by atoms with Crippen molar-refractivity contribution in [3.05, 3.63) is 0 Å². The molecule has 13 heavy (non-hydrogen) atoms. The van der Waals surface area contributed by atoms with Crippen molar-refractivity contribution in [2.75, 3.05) is 6.54 Å². The van der Waals surface area contributed by atoms with Crippen LogP contribution < -0.4 is 5.73 Å². The number of rotatable bonds is 1. The monoisotopic (exact) mass is 183 g/mol. The van der Waals surface area contributed by atoms with Gasteiger partial charge in [-0.3, -0.25) is 0 Å². The van der Waals surface area contributed by atoms with Crippen molar-refractivity contribution in [1.29, 1.82) is 0 Å². The van der Waals surface area contributed by atoms with Crippen LogP contribution in [0.4, 0.5) is 0 Å². The maximum Gasteiger partial charge on any atom is 0.0713 e. The van der Waals surface area contributed by atoms with Gasteiger partial charge in [0.25, 0.3) is 0 Å². The molecule has 0 unspecified atom stereocenters. The zero-order valence-electron chi connectivity index (χ0n) is 8.59. The molecule has 1 saturated heterocycles. The van der Waals surface area contributed by atoms with Crippen LogP contribution in [0.2, 0.25) is 0 Å². The van der Waals surface area contributed by atoms with E-state index < -0.39 is 0 Å². The molecule has 3 atom stereocenters. The van der Waals surface area contributed by atoms with E-state index in [1.807, 2.05) is 0 Å². The summed E-state index contributed by atoms with van der Waals surface area (Å²) in [6.07, 6.45) is 8.13. The molecule has 2 heteroatoms. The first-order chi connectivity index (χ1) is 6.27. The van der Waals surface area contributed by atoms with Crippen LogP contribution in [-0.2, 0) is 4.74 Å². The van der Waals surface area contributed by atoms with E-state index in [9.17, 15) is 0 Å². The second-order valence-electron chi connectivity index (χ2n) is 4.73. The van der Waals surface area contributed by atoms with Gasteiger partial charge in [-0.05, 0) is 31.6 Å². The highest BCUT2D eigenvalue weighted by Gasteiger charge is 2.44. The Hall–Kier alpha value is -0.0800. The van der Waals surface area contributed by atoms with E-state index in [2.05, 4.69) is 6.92 Å². The average Bonchev–Trinajstić information content (AvgIpc) is 2.56. The second-order valence-corrected chi connectivity index (χ2v) is 4.73. The molecule has 0 amide bonds. The van der Waals surface area contributed by atoms with Crippen molar-refractivity contribution in [3.8, 4) is 0 Å². The van der Waals surface area contributed by atoms with E-state index in [1.165, 1.54) is 38.5 Å². The molecule has 1 saturated carbocycles. The van der Waals surface area contributed by atoms with Gasteiger partial charge in [0.05, 0.1) is 11.7 Å². The van der Waals surface area contributed by atoms with E-state index in [0.717, 1.165) is 5.92 Å². The largest absolute Gasteiger partial charge is 0.370 e. The number of hydrogen-bond donors (Lipinski definition) is 1. The van der Waals surface area contributed by atoms with Gasteiger partial charge >= 0.3 is 0 Å². The summed E-state index contributed by atoms with van der Waals surface area (Å²) in [4.78, 5) is 0.